The van der Waals surface area contributed by atoms with Gasteiger partial charge in [-0.15, -0.1) is 0 Å². The minimum absolute atomic E-state index is 0.253. The molecule has 8 heteroatoms. The largest absolute Gasteiger partial charge is 0.480 e. The summed E-state index contributed by atoms with van der Waals surface area (Å²) in [6.45, 7) is 6.76. The van der Waals surface area contributed by atoms with E-state index >= 15 is 0 Å². The van der Waals surface area contributed by atoms with Crippen molar-refractivity contribution in [3.05, 3.63) is 12.7 Å². The molecular weight excluding hydrogens is 284 g/mol. The number of nitrogens with two attached hydrogens (primary N) is 1. The van der Waals surface area contributed by atoms with Crippen LogP contribution in [0.4, 0.5) is 5.82 Å². The maximum atomic E-state index is 10.8. The summed E-state index contributed by atoms with van der Waals surface area (Å²) >= 11 is 0. The van der Waals surface area contributed by atoms with Gasteiger partial charge in [-0.05, 0) is 19.3 Å². The number of anilines is 1. The van der Waals surface area contributed by atoms with Crippen LogP contribution in [0.2, 0.25) is 0 Å². The highest BCUT2D eigenvalue weighted by Gasteiger charge is 2.20. The second kappa shape index (κ2) is 6.69. The third kappa shape index (κ3) is 3.51. The zero-order chi connectivity index (χ0) is 16.3. The highest BCUT2D eigenvalue weighted by Crippen LogP contribution is 2.25. The van der Waals surface area contributed by atoms with E-state index in [4.69, 9.17) is 10.8 Å². The van der Waals surface area contributed by atoms with Crippen molar-refractivity contribution in [2.24, 2.45) is 11.7 Å². The molecule has 0 bridgehead atoms. The van der Waals surface area contributed by atoms with Gasteiger partial charge in [0.1, 0.15) is 12.4 Å². The number of hydrogen-bond acceptors (Lipinski definition) is 6. The molecule has 2 aliphatic rings. The Morgan fingerprint density at radius 3 is 2.73 bits per heavy atom. The Kier molecular flexibility index (Phi) is 4.92. The van der Waals surface area contributed by atoms with Crippen molar-refractivity contribution in [2.75, 3.05) is 5.32 Å². The van der Waals surface area contributed by atoms with Crippen LogP contribution in [0.1, 0.15) is 27.2 Å². The summed E-state index contributed by atoms with van der Waals surface area (Å²) in [5.41, 5.74) is 6.21. The first-order valence-corrected chi connectivity index (χ1v) is 7.31. The minimum Gasteiger partial charge on any atom is -0.480 e. The highest BCUT2D eigenvalue weighted by molar-refractivity contribution is 5.73. The average molecular weight is 306 g/mol. The van der Waals surface area contributed by atoms with Gasteiger partial charge in [-0.3, -0.25) is 4.79 Å². The molecule has 2 rings (SSSR count). The Hall–Kier alpha value is -2.22. The van der Waals surface area contributed by atoms with Crippen LogP contribution in [-0.4, -0.2) is 42.7 Å². The third-order valence-corrected chi connectivity index (χ3v) is 3.76. The van der Waals surface area contributed by atoms with Gasteiger partial charge in [0.05, 0.1) is 6.33 Å². The van der Waals surface area contributed by atoms with E-state index < -0.39 is 12.0 Å². The third-order valence-electron chi connectivity index (χ3n) is 3.76. The smallest absolute Gasteiger partial charge is 0.320 e. The fraction of sp³-hybridized carbons (Fsp3) is 0.571. The topological polar surface area (TPSA) is 119 Å². The summed E-state index contributed by atoms with van der Waals surface area (Å²) in [4.78, 5) is 23.7. The predicted octanol–water partition coefficient (Wildman–Crippen LogP) is 1.04. The van der Waals surface area contributed by atoms with Gasteiger partial charge >= 0.3 is 5.97 Å². The van der Waals surface area contributed by atoms with Crippen molar-refractivity contribution in [1.82, 2.24) is 19.5 Å². The molecule has 0 aliphatic carbocycles. The zero-order valence-electron chi connectivity index (χ0n) is 13.0. The van der Waals surface area contributed by atoms with E-state index in [0.717, 1.165) is 0 Å². The summed E-state index contributed by atoms with van der Waals surface area (Å²) in [6, 6.07) is -0.645. The van der Waals surface area contributed by atoms with Crippen molar-refractivity contribution in [1.29, 1.82) is 0 Å². The molecule has 0 saturated carbocycles. The molecule has 0 amide bonds. The number of rotatable bonds is 7. The average Bonchev–Trinajstić information content (AvgIpc) is 2.95. The summed E-state index contributed by atoms with van der Waals surface area (Å²) in [5, 5.41) is 12.2. The van der Waals surface area contributed by atoms with Gasteiger partial charge in [-0.25, -0.2) is 15.0 Å². The summed E-state index contributed by atoms with van der Waals surface area (Å²) in [7, 11) is 0. The van der Waals surface area contributed by atoms with Crippen LogP contribution in [0.15, 0.2) is 12.7 Å². The van der Waals surface area contributed by atoms with Gasteiger partial charge in [0.15, 0.2) is 17.3 Å². The Bertz CT molecular complexity index is 611. The standard InChI is InChI=1S/C14H22N6O2/c1-8(2)9(3)19-12-11-13(17-6-16-11)20(7-18-12)5-4-10(15)14(21)22/h6-10,19H,4-5,15H2,1-3H3,(H,21,22). The molecule has 0 aromatic carbocycles. The molecule has 2 heterocycles. The van der Waals surface area contributed by atoms with Crippen LogP contribution in [0.3, 0.4) is 0 Å². The number of carboxylic acid groups (broad SMARTS) is 1. The number of aliphatic carboxylic acids is 1. The maximum absolute atomic E-state index is 10.8. The quantitative estimate of drug-likeness (QED) is 0.699. The Morgan fingerprint density at radius 2 is 2.09 bits per heavy atom. The zero-order valence-corrected chi connectivity index (χ0v) is 13.0. The van der Waals surface area contributed by atoms with Gasteiger partial charge in [0.2, 0.25) is 0 Å². The molecule has 0 aromatic rings. The fourth-order valence-corrected chi connectivity index (χ4v) is 1.93. The molecule has 4 N–H and O–H groups in total. The molecule has 0 aromatic heterocycles. The molecule has 22 heavy (non-hydrogen) atoms. The van der Waals surface area contributed by atoms with Crippen molar-refractivity contribution in [3.63, 3.8) is 0 Å². The predicted molar refractivity (Wildman–Crippen MR) is 82.6 cm³/mol. The summed E-state index contributed by atoms with van der Waals surface area (Å²) in [6.07, 6.45) is 3.42. The number of imidazole rings is 1. The molecule has 2 unspecified atom stereocenters. The summed E-state index contributed by atoms with van der Waals surface area (Å²) in [5.74, 6) is 0.807. The van der Waals surface area contributed by atoms with Gasteiger partial charge in [0, 0.05) is 12.6 Å². The highest BCUT2D eigenvalue weighted by atomic mass is 16.4. The fourth-order valence-electron chi connectivity index (χ4n) is 1.93. The van der Waals surface area contributed by atoms with Crippen molar-refractivity contribution in [3.8, 4) is 11.5 Å². The first-order chi connectivity index (χ1) is 10.4. The monoisotopic (exact) mass is 306 g/mol. The van der Waals surface area contributed by atoms with Crippen LogP contribution in [0.5, 0.6) is 0 Å². The van der Waals surface area contributed by atoms with E-state index in [9.17, 15) is 4.79 Å². The van der Waals surface area contributed by atoms with Crippen LogP contribution in [-0.2, 0) is 11.3 Å². The molecule has 0 saturated heterocycles. The van der Waals surface area contributed by atoms with Crippen molar-refractivity contribution in [2.45, 2.75) is 45.8 Å². The lowest BCUT2D eigenvalue weighted by Crippen LogP contribution is -2.31. The number of hydrogen-bond donors (Lipinski definition) is 3. The maximum Gasteiger partial charge on any atom is 0.320 e. The summed E-state index contributed by atoms with van der Waals surface area (Å²) < 4.78 is 1.77. The second-order valence-corrected chi connectivity index (χ2v) is 5.74. The van der Waals surface area contributed by atoms with Crippen LogP contribution in [0, 0.1) is 5.92 Å². The number of aromatic nitrogens is 4. The molecule has 8 nitrogen and oxygen atoms in total. The van der Waals surface area contributed by atoms with Gasteiger partial charge < -0.3 is 20.7 Å². The van der Waals surface area contributed by atoms with E-state index in [1.165, 1.54) is 6.33 Å². The molecule has 2 atom stereocenters. The molecule has 120 valence electrons. The molecule has 0 radical (unpaired) electrons. The van der Waals surface area contributed by atoms with Gasteiger partial charge in [-0.1, -0.05) is 13.8 Å². The first kappa shape index (κ1) is 16.2. The number of fused-ring (bicyclic) bond motifs is 1. The van der Waals surface area contributed by atoms with Crippen LogP contribution in [0.25, 0.3) is 11.5 Å². The van der Waals surface area contributed by atoms with Crippen molar-refractivity contribution >= 4 is 11.8 Å². The molecule has 2 aliphatic heterocycles. The number of carboxylic acids is 1. The molecule has 0 fully saturated rings. The second-order valence-electron chi connectivity index (χ2n) is 5.74. The SMILES string of the molecule is CC(C)C(C)Nc1ncn(CCC(N)C(=O)O)c2ncnc1-2. The van der Waals surface area contributed by atoms with E-state index in [2.05, 4.69) is 41.0 Å². The minimum atomic E-state index is -1.01. The van der Waals surface area contributed by atoms with Gasteiger partial charge in [-0.2, -0.15) is 0 Å². The lowest BCUT2D eigenvalue weighted by Gasteiger charge is -2.20. The number of aryl methyl sites for hydroxylation is 1. The Balaban J connectivity index is 2.18. The first-order valence-electron chi connectivity index (χ1n) is 7.31. The van der Waals surface area contributed by atoms with Gasteiger partial charge in [0.25, 0.3) is 0 Å². The molecular formula is C14H22N6O2. The lowest BCUT2D eigenvalue weighted by atomic mass is 10.1. The lowest BCUT2D eigenvalue weighted by molar-refractivity contribution is -0.138. The number of carbonyl (C=O) groups is 1. The van der Waals surface area contributed by atoms with E-state index in [-0.39, 0.29) is 6.04 Å². The van der Waals surface area contributed by atoms with E-state index in [1.807, 2.05) is 0 Å². The Labute approximate surface area is 129 Å². The van der Waals surface area contributed by atoms with Crippen LogP contribution >= 0.6 is 0 Å². The van der Waals surface area contributed by atoms with E-state index in [1.54, 1.807) is 10.9 Å². The normalized spacial score (nSPS) is 14.2. The molecule has 0 spiro atoms. The van der Waals surface area contributed by atoms with Crippen LogP contribution < -0.4 is 11.1 Å². The number of nitrogens with one attached hydrogen (secondary N) is 1. The number of nitrogens with zero attached hydrogens (tertiary/aromatic N) is 4. The Morgan fingerprint density at radius 1 is 1.36 bits per heavy atom. The van der Waals surface area contributed by atoms with Crippen molar-refractivity contribution < 1.29 is 9.90 Å². The van der Waals surface area contributed by atoms with E-state index in [0.29, 0.717) is 36.2 Å².